The number of carbonyl (C=O) groups is 1. The maximum absolute atomic E-state index is 12.0. The van der Waals surface area contributed by atoms with E-state index in [1.807, 2.05) is 31.2 Å². The summed E-state index contributed by atoms with van der Waals surface area (Å²) in [5, 5.41) is 11.5. The van der Waals surface area contributed by atoms with Crippen LogP contribution in [0.3, 0.4) is 0 Å². The number of nitrogen functional groups attached to an aromatic ring is 1. The maximum atomic E-state index is 12.0. The molecule has 3 N–H and O–H groups in total. The van der Waals surface area contributed by atoms with E-state index < -0.39 is 0 Å². The van der Waals surface area contributed by atoms with E-state index in [1.165, 1.54) is 16.4 Å². The predicted molar refractivity (Wildman–Crippen MR) is 92.5 cm³/mol. The van der Waals surface area contributed by atoms with Crippen LogP contribution < -0.4 is 15.9 Å². The van der Waals surface area contributed by atoms with Crippen LogP contribution >= 0.6 is 11.8 Å². The molecule has 1 amide bonds. The first-order valence-electron chi connectivity index (χ1n) is 7.86. The van der Waals surface area contributed by atoms with Crippen molar-refractivity contribution in [3.05, 3.63) is 35.7 Å². The van der Waals surface area contributed by atoms with Crippen LogP contribution in [-0.4, -0.2) is 39.2 Å². The Morgan fingerprint density at radius 2 is 2.12 bits per heavy atom. The molecule has 2 aromatic rings. The van der Waals surface area contributed by atoms with Gasteiger partial charge in [0.2, 0.25) is 11.1 Å². The number of nitrogens with one attached hydrogen (secondary N) is 1. The van der Waals surface area contributed by atoms with Crippen LogP contribution in [0.5, 0.6) is 5.75 Å². The highest BCUT2D eigenvalue weighted by molar-refractivity contribution is 8.00. The molecule has 0 aliphatic heterocycles. The van der Waals surface area contributed by atoms with Crippen LogP contribution in [-0.2, 0) is 11.2 Å². The minimum atomic E-state index is -0.258. The molecule has 0 spiro atoms. The topological polar surface area (TPSA) is 95.1 Å². The average Bonchev–Trinajstić information content (AvgIpc) is 3.34. The number of nitrogens with two attached hydrogens (primary N) is 1. The van der Waals surface area contributed by atoms with Gasteiger partial charge in [-0.05, 0) is 37.5 Å². The zero-order chi connectivity index (χ0) is 17.1. The number of amides is 1. The van der Waals surface area contributed by atoms with Crippen LogP contribution in [0.4, 0.5) is 0 Å². The second-order valence-corrected chi connectivity index (χ2v) is 7.14. The zero-order valence-electron chi connectivity index (χ0n) is 13.7. The van der Waals surface area contributed by atoms with Crippen molar-refractivity contribution >= 4 is 17.7 Å². The molecular formula is C16H21N5O2S. The van der Waals surface area contributed by atoms with Crippen molar-refractivity contribution in [3.63, 3.8) is 0 Å². The van der Waals surface area contributed by atoms with Gasteiger partial charge < -0.3 is 15.9 Å². The van der Waals surface area contributed by atoms with Gasteiger partial charge in [0, 0.05) is 12.5 Å². The summed E-state index contributed by atoms with van der Waals surface area (Å²) in [6, 6.07) is 8.07. The van der Waals surface area contributed by atoms with Crippen molar-refractivity contribution in [3.8, 4) is 5.75 Å². The lowest BCUT2D eigenvalue weighted by molar-refractivity contribution is -0.120. The van der Waals surface area contributed by atoms with Crippen LogP contribution in [0.25, 0.3) is 0 Å². The number of hydrogen-bond acceptors (Lipinski definition) is 6. The van der Waals surface area contributed by atoms with Crippen LogP contribution in [0, 0.1) is 0 Å². The monoisotopic (exact) mass is 347 g/mol. The zero-order valence-corrected chi connectivity index (χ0v) is 14.5. The third-order valence-electron chi connectivity index (χ3n) is 3.83. The van der Waals surface area contributed by atoms with Gasteiger partial charge in [-0.3, -0.25) is 4.79 Å². The number of rotatable bonds is 7. The van der Waals surface area contributed by atoms with E-state index in [0.29, 0.717) is 23.4 Å². The normalized spacial score (nSPS) is 15.1. The number of ether oxygens (including phenoxy) is 1. The highest BCUT2D eigenvalue weighted by atomic mass is 32.2. The van der Waals surface area contributed by atoms with E-state index in [2.05, 4.69) is 15.5 Å². The Hall–Kier alpha value is -2.22. The van der Waals surface area contributed by atoms with E-state index in [4.69, 9.17) is 10.6 Å². The van der Waals surface area contributed by atoms with E-state index >= 15 is 0 Å². The molecule has 1 aliphatic rings. The Balaban J connectivity index is 1.62. The maximum Gasteiger partial charge on any atom is 0.233 e. The van der Waals surface area contributed by atoms with E-state index in [9.17, 15) is 4.79 Å². The molecule has 0 unspecified atom stereocenters. The number of thioether (sulfide) groups is 1. The summed E-state index contributed by atoms with van der Waals surface area (Å²) in [5.41, 5.74) is 1.06. The summed E-state index contributed by atoms with van der Waals surface area (Å²) >= 11 is 1.32. The molecule has 1 fully saturated rings. The van der Waals surface area contributed by atoms with Crippen LogP contribution in [0.1, 0.15) is 31.2 Å². The lowest BCUT2D eigenvalue weighted by atomic mass is 10.1. The smallest absolute Gasteiger partial charge is 0.233 e. The Bertz CT molecular complexity index is 712. The summed E-state index contributed by atoms with van der Waals surface area (Å²) in [5.74, 6) is 7.56. The van der Waals surface area contributed by atoms with Crippen molar-refractivity contribution in [1.82, 2.24) is 20.2 Å². The molecule has 1 atom stereocenters. The fraction of sp³-hybridized carbons (Fsp3) is 0.438. The molecule has 0 saturated heterocycles. The quantitative estimate of drug-likeness (QED) is 0.580. The summed E-state index contributed by atoms with van der Waals surface area (Å²) in [6.07, 6.45) is 2.71. The summed E-state index contributed by atoms with van der Waals surface area (Å²) in [7, 11) is 1.63. The first-order valence-corrected chi connectivity index (χ1v) is 8.74. The molecule has 1 aromatic carbocycles. The van der Waals surface area contributed by atoms with Gasteiger partial charge >= 0.3 is 0 Å². The summed E-state index contributed by atoms with van der Waals surface area (Å²) < 4.78 is 6.60. The van der Waals surface area contributed by atoms with Gasteiger partial charge in [-0.15, -0.1) is 10.2 Å². The van der Waals surface area contributed by atoms with Crippen molar-refractivity contribution in [2.45, 2.75) is 42.6 Å². The van der Waals surface area contributed by atoms with Crippen molar-refractivity contribution < 1.29 is 9.53 Å². The molecule has 1 aromatic heterocycles. The number of nitrogens with zero attached hydrogens (tertiary/aromatic N) is 3. The van der Waals surface area contributed by atoms with Crippen molar-refractivity contribution in [1.29, 1.82) is 0 Å². The van der Waals surface area contributed by atoms with Gasteiger partial charge in [-0.25, -0.2) is 4.68 Å². The highest BCUT2D eigenvalue weighted by Gasteiger charge is 2.27. The third-order valence-corrected chi connectivity index (χ3v) is 4.89. The SMILES string of the molecule is COc1ccc(Cc2nnc(S[C@H](C)C(=O)NC3CC3)n2N)cc1. The van der Waals surface area contributed by atoms with Gasteiger partial charge in [-0.1, -0.05) is 23.9 Å². The highest BCUT2D eigenvalue weighted by Crippen LogP contribution is 2.24. The molecular weight excluding hydrogens is 326 g/mol. The second-order valence-electron chi connectivity index (χ2n) is 5.84. The molecule has 8 heteroatoms. The second kappa shape index (κ2) is 7.12. The first kappa shape index (κ1) is 16.6. The van der Waals surface area contributed by atoms with E-state index in [0.717, 1.165) is 24.2 Å². The van der Waals surface area contributed by atoms with Gasteiger partial charge in [-0.2, -0.15) is 0 Å². The molecule has 1 heterocycles. The molecule has 24 heavy (non-hydrogen) atoms. The molecule has 0 radical (unpaired) electrons. The van der Waals surface area contributed by atoms with E-state index in [-0.39, 0.29) is 11.2 Å². The van der Waals surface area contributed by atoms with E-state index in [1.54, 1.807) is 7.11 Å². The largest absolute Gasteiger partial charge is 0.497 e. The Labute approximate surface area is 144 Å². The number of hydrogen-bond donors (Lipinski definition) is 2. The number of carbonyl (C=O) groups excluding carboxylic acids is 1. The average molecular weight is 347 g/mol. The van der Waals surface area contributed by atoms with Crippen molar-refractivity contribution in [2.24, 2.45) is 0 Å². The number of aromatic nitrogens is 3. The standard InChI is InChI=1S/C16H21N5O2S/c1-10(15(22)18-12-5-6-12)24-16-20-19-14(21(16)17)9-11-3-7-13(23-2)8-4-11/h3-4,7-8,10,12H,5-6,9,17H2,1-2H3,(H,18,22)/t10-/m1/s1. The lowest BCUT2D eigenvalue weighted by Crippen LogP contribution is -2.32. The Kier molecular flexibility index (Phi) is 4.94. The molecule has 1 aliphatic carbocycles. The van der Waals surface area contributed by atoms with Gasteiger partial charge in [0.25, 0.3) is 0 Å². The number of benzene rings is 1. The van der Waals surface area contributed by atoms with Crippen LogP contribution in [0.2, 0.25) is 0 Å². The first-order chi connectivity index (χ1) is 11.6. The molecule has 128 valence electrons. The fourth-order valence-corrected chi connectivity index (χ4v) is 2.99. The lowest BCUT2D eigenvalue weighted by Gasteiger charge is -2.10. The minimum Gasteiger partial charge on any atom is -0.497 e. The summed E-state index contributed by atoms with van der Waals surface area (Å²) in [6.45, 7) is 1.85. The Morgan fingerprint density at radius 3 is 2.75 bits per heavy atom. The number of methoxy groups -OCH3 is 1. The fourth-order valence-electron chi connectivity index (χ4n) is 2.19. The van der Waals surface area contributed by atoms with Gasteiger partial charge in [0.05, 0.1) is 12.4 Å². The molecule has 3 rings (SSSR count). The Morgan fingerprint density at radius 1 is 1.42 bits per heavy atom. The van der Waals surface area contributed by atoms with Gasteiger partial charge in [0.15, 0.2) is 5.82 Å². The predicted octanol–water partition coefficient (Wildman–Crippen LogP) is 1.35. The minimum absolute atomic E-state index is 0.0159. The van der Waals surface area contributed by atoms with Crippen molar-refractivity contribution in [2.75, 3.05) is 13.0 Å². The molecule has 0 bridgehead atoms. The van der Waals surface area contributed by atoms with Gasteiger partial charge in [0.1, 0.15) is 5.75 Å². The molecule has 7 nitrogen and oxygen atoms in total. The summed E-state index contributed by atoms with van der Waals surface area (Å²) in [4.78, 5) is 12.0. The molecule has 1 saturated carbocycles. The third kappa shape index (κ3) is 4.00. The van der Waals surface area contributed by atoms with Crippen LogP contribution in [0.15, 0.2) is 29.4 Å².